The molecule has 30 heavy (non-hydrogen) atoms. The first kappa shape index (κ1) is 18.8. The minimum atomic E-state index is -0.129. The molecule has 7 heteroatoms. The van der Waals surface area contributed by atoms with Gasteiger partial charge in [-0.05, 0) is 69.5 Å². The minimum absolute atomic E-state index is 0.129. The molecule has 0 unspecified atom stereocenters. The van der Waals surface area contributed by atoms with Crippen LogP contribution in [0.1, 0.15) is 40.2 Å². The highest BCUT2D eigenvalue weighted by atomic mass is 16.5. The fourth-order valence-electron chi connectivity index (χ4n) is 4.30. The summed E-state index contributed by atoms with van der Waals surface area (Å²) in [5.41, 5.74) is 3.79. The van der Waals surface area contributed by atoms with Gasteiger partial charge in [0.25, 0.3) is 0 Å². The Labute approximate surface area is 174 Å². The molecule has 0 saturated carbocycles. The van der Waals surface area contributed by atoms with Gasteiger partial charge in [0.1, 0.15) is 11.5 Å². The number of benzene rings is 1. The highest BCUT2D eigenvalue weighted by Crippen LogP contribution is 2.42. The van der Waals surface area contributed by atoms with Gasteiger partial charge in [-0.25, -0.2) is 4.98 Å². The summed E-state index contributed by atoms with van der Waals surface area (Å²) in [7, 11) is 1.66. The van der Waals surface area contributed by atoms with Gasteiger partial charge >= 0.3 is 0 Å². The second kappa shape index (κ2) is 7.57. The maximum atomic E-state index is 13.1. The highest BCUT2D eigenvalue weighted by molar-refractivity contribution is 6.15. The Morgan fingerprint density at radius 2 is 2.07 bits per heavy atom. The number of carbonyl (C=O) groups is 1. The van der Waals surface area contributed by atoms with Gasteiger partial charge in [0, 0.05) is 22.7 Å². The summed E-state index contributed by atoms with van der Waals surface area (Å²) >= 11 is 0. The number of pyridine rings is 1. The average molecular weight is 404 g/mol. The van der Waals surface area contributed by atoms with Crippen LogP contribution in [-0.4, -0.2) is 41.2 Å². The maximum absolute atomic E-state index is 13.1. The number of nitrogens with zero attached hydrogens (tertiary/aromatic N) is 2. The lowest BCUT2D eigenvalue weighted by molar-refractivity contribution is 0.101. The number of methoxy groups -OCH3 is 1. The van der Waals surface area contributed by atoms with Crippen LogP contribution in [0, 0.1) is 12.8 Å². The molecule has 2 aliphatic heterocycles. The average Bonchev–Trinajstić information content (AvgIpc) is 3.30. The SMILES string of the molecule is COc1ccc2c(c1CC1CCNCC1)O/C(=C\c1n[nH]c3nc(C)ccc13)C2=O. The van der Waals surface area contributed by atoms with Crippen LogP contribution in [0.25, 0.3) is 17.1 Å². The van der Waals surface area contributed by atoms with Crippen LogP contribution in [0.15, 0.2) is 30.0 Å². The second-order valence-electron chi connectivity index (χ2n) is 7.92. The van der Waals surface area contributed by atoms with Gasteiger partial charge in [0.15, 0.2) is 11.4 Å². The zero-order chi connectivity index (χ0) is 20.7. The molecule has 2 N–H and O–H groups in total. The molecule has 1 fully saturated rings. The first-order chi connectivity index (χ1) is 14.6. The maximum Gasteiger partial charge on any atom is 0.232 e. The van der Waals surface area contributed by atoms with Gasteiger partial charge in [-0.3, -0.25) is 9.89 Å². The molecule has 7 nitrogen and oxygen atoms in total. The lowest BCUT2D eigenvalue weighted by atomic mass is 9.89. The minimum Gasteiger partial charge on any atom is -0.496 e. The Bertz CT molecular complexity index is 1160. The molecule has 2 aromatic heterocycles. The van der Waals surface area contributed by atoms with Gasteiger partial charge < -0.3 is 14.8 Å². The first-order valence-electron chi connectivity index (χ1n) is 10.3. The Balaban J connectivity index is 1.51. The van der Waals surface area contributed by atoms with E-state index in [0.717, 1.165) is 54.7 Å². The molecule has 2 aliphatic rings. The standard InChI is InChI=1S/C23H24N4O3/c1-13-3-4-15-18(26-27-23(15)25-13)12-20-21(28)16-5-6-19(29-2)17(22(16)30-20)11-14-7-9-24-10-8-14/h3-6,12,14,24H,7-11H2,1-2H3,(H,25,26,27)/b20-12-. The Hall–Kier alpha value is -3.19. The normalized spacial score (nSPS) is 18.1. The van der Waals surface area contributed by atoms with Crippen molar-refractivity contribution in [1.29, 1.82) is 0 Å². The lowest BCUT2D eigenvalue weighted by Crippen LogP contribution is -2.28. The van der Waals surface area contributed by atoms with Gasteiger partial charge in [0.05, 0.1) is 18.4 Å². The summed E-state index contributed by atoms with van der Waals surface area (Å²) < 4.78 is 11.7. The monoisotopic (exact) mass is 404 g/mol. The van der Waals surface area contributed by atoms with Gasteiger partial charge in [-0.15, -0.1) is 0 Å². The molecule has 0 bridgehead atoms. The summed E-state index contributed by atoms with van der Waals surface area (Å²) in [5.74, 6) is 2.08. The summed E-state index contributed by atoms with van der Waals surface area (Å²) in [6.45, 7) is 3.97. The molecule has 0 spiro atoms. The van der Waals surface area contributed by atoms with E-state index >= 15 is 0 Å². The van der Waals surface area contributed by atoms with E-state index < -0.39 is 0 Å². The number of ether oxygens (including phenoxy) is 2. The lowest BCUT2D eigenvalue weighted by Gasteiger charge is -2.24. The molecule has 5 rings (SSSR count). The molecule has 0 aliphatic carbocycles. The smallest absolute Gasteiger partial charge is 0.232 e. The molecule has 1 saturated heterocycles. The second-order valence-corrected chi connectivity index (χ2v) is 7.92. The van der Waals surface area contributed by atoms with Crippen LogP contribution in [0.4, 0.5) is 0 Å². The van der Waals surface area contributed by atoms with Crippen molar-refractivity contribution in [3.63, 3.8) is 0 Å². The number of hydrogen-bond donors (Lipinski definition) is 2. The van der Waals surface area contributed by atoms with Crippen LogP contribution < -0.4 is 14.8 Å². The predicted octanol–water partition coefficient (Wildman–Crippen LogP) is 3.43. The topological polar surface area (TPSA) is 89.1 Å². The van der Waals surface area contributed by atoms with Crippen molar-refractivity contribution in [2.24, 2.45) is 5.92 Å². The number of carbonyl (C=O) groups excluding carboxylic acids is 1. The number of fused-ring (bicyclic) bond motifs is 2. The number of aromatic nitrogens is 3. The number of Topliss-reactive ketones (excluding diaryl/α,β-unsaturated/α-hetero) is 1. The van der Waals surface area contributed by atoms with E-state index in [2.05, 4.69) is 20.5 Å². The third-order valence-electron chi connectivity index (χ3n) is 5.93. The Morgan fingerprint density at radius 3 is 2.87 bits per heavy atom. The molecule has 0 radical (unpaired) electrons. The molecule has 154 valence electrons. The molecule has 3 aromatic rings. The Morgan fingerprint density at radius 1 is 1.23 bits per heavy atom. The fraction of sp³-hybridized carbons (Fsp3) is 0.348. The van der Waals surface area contributed by atoms with Crippen LogP contribution in [0.2, 0.25) is 0 Å². The zero-order valence-corrected chi connectivity index (χ0v) is 17.1. The summed E-state index contributed by atoms with van der Waals surface area (Å²) in [6.07, 6.45) is 4.74. The fourth-order valence-corrected chi connectivity index (χ4v) is 4.30. The predicted molar refractivity (Wildman–Crippen MR) is 114 cm³/mol. The number of allylic oxidation sites excluding steroid dienone is 1. The quantitative estimate of drug-likeness (QED) is 0.648. The molecular formula is C23H24N4O3. The molecule has 0 amide bonds. The molecular weight excluding hydrogens is 380 g/mol. The Kier molecular flexibility index (Phi) is 4.75. The van der Waals surface area contributed by atoms with Crippen molar-refractivity contribution in [1.82, 2.24) is 20.5 Å². The first-order valence-corrected chi connectivity index (χ1v) is 10.3. The van der Waals surface area contributed by atoms with Crippen molar-refractivity contribution >= 4 is 22.9 Å². The van der Waals surface area contributed by atoms with Crippen molar-refractivity contribution in [2.45, 2.75) is 26.2 Å². The van der Waals surface area contributed by atoms with Gasteiger partial charge in [-0.1, -0.05) is 0 Å². The van der Waals surface area contributed by atoms with Crippen molar-refractivity contribution < 1.29 is 14.3 Å². The largest absolute Gasteiger partial charge is 0.496 e. The summed E-state index contributed by atoms with van der Waals surface area (Å²) in [5, 5.41) is 11.5. The molecule has 4 heterocycles. The number of rotatable bonds is 4. The van der Waals surface area contributed by atoms with Gasteiger partial charge in [0.2, 0.25) is 5.78 Å². The third-order valence-corrected chi connectivity index (χ3v) is 5.93. The van der Waals surface area contributed by atoms with E-state index in [9.17, 15) is 4.79 Å². The number of hydrogen-bond acceptors (Lipinski definition) is 6. The van der Waals surface area contributed by atoms with Crippen molar-refractivity contribution in [3.8, 4) is 11.5 Å². The van der Waals surface area contributed by atoms with E-state index in [1.165, 1.54) is 0 Å². The number of nitrogens with one attached hydrogen (secondary N) is 2. The van der Waals surface area contributed by atoms with Crippen molar-refractivity contribution in [2.75, 3.05) is 20.2 Å². The van der Waals surface area contributed by atoms with E-state index in [0.29, 0.717) is 28.6 Å². The summed E-state index contributed by atoms with van der Waals surface area (Å²) in [6, 6.07) is 7.53. The molecule has 0 atom stereocenters. The number of aromatic amines is 1. The van der Waals surface area contributed by atoms with E-state index in [1.807, 2.05) is 25.1 Å². The van der Waals surface area contributed by atoms with Crippen LogP contribution >= 0.6 is 0 Å². The number of H-pyrrole nitrogens is 1. The van der Waals surface area contributed by atoms with Crippen molar-refractivity contribution in [3.05, 3.63) is 52.5 Å². The van der Waals surface area contributed by atoms with Crippen LogP contribution in [-0.2, 0) is 6.42 Å². The third kappa shape index (κ3) is 3.25. The van der Waals surface area contributed by atoms with E-state index in [-0.39, 0.29) is 11.5 Å². The summed E-state index contributed by atoms with van der Waals surface area (Å²) in [4.78, 5) is 17.5. The van der Waals surface area contributed by atoms with Crippen LogP contribution in [0.3, 0.4) is 0 Å². The number of ketones is 1. The molecule has 1 aromatic carbocycles. The zero-order valence-electron chi connectivity index (χ0n) is 17.1. The highest BCUT2D eigenvalue weighted by Gasteiger charge is 2.32. The van der Waals surface area contributed by atoms with Crippen LogP contribution in [0.5, 0.6) is 11.5 Å². The van der Waals surface area contributed by atoms with Gasteiger partial charge in [-0.2, -0.15) is 5.10 Å². The number of aryl methyl sites for hydroxylation is 1. The van der Waals surface area contributed by atoms with E-state index in [1.54, 1.807) is 19.3 Å². The number of piperidine rings is 1. The van der Waals surface area contributed by atoms with E-state index in [4.69, 9.17) is 9.47 Å².